The first-order valence-electron chi connectivity index (χ1n) is 11.4. The van der Waals surface area contributed by atoms with Crippen molar-refractivity contribution in [3.05, 3.63) is 82.3 Å². The van der Waals surface area contributed by atoms with Crippen molar-refractivity contribution in [1.82, 2.24) is 15.0 Å². The van der Waals surface area contributed by atoms with Crippen LogP contribution in [0.2, 0.25) is 0 Å². The average Bonchev–Trinajstić information content (AvgIpc) is 3.36. The van der Waals surface area contributed by atoms with Gasteiger partial charge in [-0.15, -0.1) is 11.3 Å². The van der Waals surface area contributed by atoms with Crippen molar-refractivity contribution in [2.45, 2.75) is 37.6 Å². The lowest BCUT2D eigenvalue weighted by molar-refractivity contribution is -0.124. The second kappa shape index (κ2) is 11.1. The van der Waals surface area contributed by atoms with Gasteiger partial charge in [0, 0.05) is 17.3 Å². The number of aromatic nitrogens is 1. The Morgan fingerprint density at radius 2 is 1.86 bits per heavy atom. The van der Waals surface area contributed by atoms with Crippen LogP contribution in [0.15, 0.2) is 66.2 Å². The molecule has 188 valence electrons. The summed E-state index contributed by atoms with van der Waals surface area (Å²) in [5.41, 5.74) is 1.97. The maximum absolute atomic E-state index is 13.5. The summed E-state index contributed by atoms with van der Waals surface area (Å²) in [5.74, 6) is -1.65. The van der Waals surface area contributed by atoms with Gasteiger partial charge < -0.3 is 10.2 Å². The van der Waals surface area contributed by atoms with Gasteiger partial charge in [0.05, 0.1) is 11.8 Å². The van der Waals surface area contributed by atoms with Gasteiger partial charge >= 0.3 is 0 Å². The normalized spacial score (nSPS) is 16.6. The van der Waals surface area contributed by atoms with Crippen molar-refractivity contribution < 1.29 is 22.8 Å². The highest BCUT2D eigenvalue weighted by Crippen LogP contribution is 2.27. The van der Waals surface area contributed by atoms with Crippen molar-refractivity contribution in [3.8, 4) is 0 Å². The number of thiazole rings is 1. The molecule has 2 N–H and O–H groups in total. The zero-order valence-corrected chi connectivity index (χ0v) is 21.2. The van der Waals surface area contributed by atoms with Gasteiger partial charge in [-0.1, -0.05) is 48.5 Å². The fraction of sp³-hybridized carbons (Fsp3) is 0.280. The second-order valence-corrected chi connectivity index (χ2v) is 11.1. The van der Waals surface area contributed by atoms with Gasteiger partial charge in [0.15, 0.2) is 5.01 Å². The van der Waals surface area contributed by atoms with Gasteiger partial charge in [-0.3, -0.25) is 14.4 Å². The van der Waals surface area contributed by atoms with Gasteiger partial charge in [0.25, 0.3) is 0 Å². The molecule has 1 aliphatic heterocycles. The molecule has 1 aromatic heterocycles. The third-order valence-electron chi connectivity index (χ3n) is 5.79. The zero-order chi connectivity index (χ0) is 25.7. The number of nitrogens with one attached hydrogen (secondary N) is 2. The maximum atomic E-state index is 13.5. The number of aryl methyl sites for hydroxylation is 1. The number of amides is 2. The molecule has 0 fully saturated rings. The van der Waals surface area contributed by atoms with Crippen molar-refractivity contribution >= 4 is 44.6 Å². The zero-order valence-electron chi connectivity index (χ0n) is 19.6. The van der Waals surface area contributed by atoms with E-state index < -0.39 is 33.9 Å². The van der Waals surface area contributed by atoms with E-state index in [1.807, 2.05) is 12.1 Å². The molecule has 0 spiro atoms. The topological polar surface area (TPSA) is 126 Å². The van der Waals surface area contributed by atoms with Crippen LogP contribution >= 0.6 is 11.3 Å². The Bertz CT molecular complexity index is 1340. The van der Waals surface area contributed by atoms with E-state index in [2.05, 4.69) is 15.0 Å². The van der Waals surface area contributed by atoms with Crippen LogP contribution in [-0.2, 0) is 31.8 Å². The molecular weight excluding hydrogens is 500 g/mol. The van der Waals surface area contributed by atoms with Gasteiger partial charge in [0.2, 0.25) is 27.6 Å². The Balaban J connectivity index is 1.51. The SMILES string of the molecule is CC(NC(=O)CN1C(=O)C(NS(=O)(=O)Cc2ccccc2)CCc2ccccc21)C(=O)c1nccs1. The second-order valence-electron chi connectivity index (χ2n) is 8.50. The maximum Gasteiger partial charge on any atom is 0.245 e. The lowest BCUT2D eigenvalue weighted by atomic mass is 10.1. The molecule has 2 aromatic carbocycles. The summed E-state index contributed by atoms with van der Waals surface area (Å²) in [5, 5.41) is 4.59. The summed E-state index contributed by atoms with van der Waals surface area (Å²) in [7, 11) is -3.83. The predicted octanol–water partition coefficient (Wildman–Crippen LogP) is 2.30. The number of ketones is 1. The summed E-state index contributed by atoms with van der Waals surface area (Å²) < 4.78 is 28.3. The molecular formula is C25H26N4O5S2. The van der Waals surface area contributed by atoms with Gasteiger partial charge in [0.1, 0.15) is 12.6 Å². The molecule has 2 heterocycles. The monoisotopic (exact) mass is 526 g/mol. The molecule has 36 heavy (non-hydrogen) atoms. The first kappa shape index (κ1) is 25.7. The summed E-state index contributed by atoms with van der Waals surface area (Å²) >= 11 is 1.18. The average molecular weight is 527 g/mol. The van der Waals surface area contributed by atoms with Crippen LogP contribution in [0.25, 0.3) is 0 Å². The Labute approximate surface area is 213 Å². The number of hydrogen-bond acceptors (Lipinski definition) is 7. The molecule has 0 saturated heterocycles. The summed E-state index contributed by atoms with van der Waals surface area (Å²) in [4.78, 5) is 44.2. The molecule has 9 nitrogen and oxygen atoms in total. The van der Waals surface area contributed by atoms with Crippen LogP contribution in [0.1, 0.15) is 34.3 Å². The largest absolute Gasteiger partial charge is 0.345 e. The molecule has 0 radical (unpaired) electrons. The number of fused-ring (bicyclic) bond motifs is 1. The number of carbonyl (C=O) groups is 3. The van der Waals surface area contributed by atoms with E-state index in [-0.39, 0.29) is 29.5 Å². The standard InChI is InChI=1S/C25H26N4O5S2/c1-17(23(31)24-26-13-14-35-24)27-22(30)15-29-21-10-6-5-9-19(21)11-12-20(25(29)32)28-36(33,34)16-18-7-3-2-4-8-18/h2-10,13-14,17,20,28H,11-12,15-16H2,1H3,(H,27,30). The molecule has 0 saturated carbocycles. The molecule has 1 aliphatic rings. The number of hydrogen-bond donors (Lipinski definition) is 2. The number of anilines is 1. The van der Waals surface area contributed by atoms with Gasteiger partial charge in [-0.2, -0.15) is 0 Å². The fourth-order valence-corrected chi connectivity index (χ4v) is 6.10. The molecule has 4 rings (SSSR count). The quantitative estimate of drug-likeness (QED) is 0.412. The van der Waals surface area contributed by atoms with Crippen LogP contribution in [0.5, 0.6) is 0 Å². The van der Waals surface area contributed by atoms with Crippen molar-refractivity contribution in [3.63, 3.8) is 0 Å². The third kappa shape index (κ3) is 6.23. The van der Waals surface area contributed by atoms with Crippen LogP contribution < -0.4 is 14.9 Å². The Kier molecular flexibility index (Phi) is 7.92. The summed E-state index contributed by atoms with van der Waals surface area (Å²) in [6, 6.07) is 14.0. The minimum absolute atomic E-state index is 0.251. The Hall–Kier alpha value is -3.41. The third-order valence-corrected chi connectivity index (χ3v) is 7.93. The fourth-order valence-electron chi connectivity index (χ4n) is 4.07. The first-order valence-corrected chi connectivity index (χ1v) is 13.9. The number of nitrogens with zero attached hydrogens (tertiary/aromatic N) is 2. The number of para-hydroxylation sites is 1. The van der Waals surface area contributed by atoms with Crippen LogP contribution in [0, 0.1) is 0 Å². The first-order chi connectivity index (χ1) is 17.2. The number of rotatable bonds is 9. The number of benzene rings is 2. The molecule has 3 aromatic rings. The van der Waals surface area contributed by atoms with Crippen LogP contribution in [0.4, 0.5) is 5.69 Å². The van der Waals surface area contributed by atoms with E-state index in [1.54, 1.807) is 54.8 Å². The lowest BCUT2D eigenvalue weighted by Crippen LogP contribution is -2.52. The lowest BCUT2D eigenvalue weighted by Gasteiger charge is -2.26. The summed E-state index contributed by atoms with van der Waals surface area (Å²) in [6.45, 7) is 1.20. The van der Waals surface area contributed by atoms with E-state index in [9.17, 15) is 22.8 Å². The number of Topliss-reactive ketones (excluding diaryl/α,β-unsaturated/α-hetero) is 1. The van der Waals surface area contributed by atoms with Crippen molar-refractivity contribution in [1.29, 1.82) is 0 Å². The van der Waals surface area contributed by atoms with E-state index in [0.717, 1.165) is 5.56 Å². The van der Waals surface area contributed by atoms with E-state index in [0.29, 0.717) is 17.7 Å². The molecule has 11 heteroatoms. The highest BCUT2D eigenvalue weighted by Gasteiger charge is 2.34. The summed E-state index contributed by atoms with van der Waals surface area (Å²) in [6.07, 6.45) is 2.22. The van der Waals surface area contributed by atoms with Crippen LogP contribution in [0.3, 0.4) is 0 Å². The van der Waals surface area contributed by atoms with E-state index >= 15 is 0 Å². The molecule has 2 atom stereocenters. The minimum Gasteiger partial charge on any atom is -0.345 e. The highest BCUT2D eigenvalue weighted by atomic mass is 32.2. The van der Waals surface area contributed by atoms with Gasteiger partial charge in [-0.25, -0.2) is 18.1 Å². The number of sulfonamides is 1. The molecule has 0 aliphatic carbocycles. The minimum atomic E-state index is -3.83. The number of carbonyl (C=O) groups excluding carboxylic acids is 3. The van der Waals surface area contributed by atoms with Crippen molar-refractivity contribution in [2.75, 3.05) is 11.4 Å². The van der Waals surface area contributed by atoms with Crippen LogP contribution in [-0.4, -0.2) is 49.6 Å². The predicted molar refractivity (Wildman–Crippen MR) is 137 cm³/mol. The molecule has 2 amide bonds. The van der Waals surface area contributed by atoms with Crippen molar-refractivity contribution in [2.24, 2.45) is 0 Å². The van der Waals surface area contributed by atoms with Gasteiger partial charge in [-0.05, 0) is 37.0 Å². The van der Waals surface area contributed by atoms with E-state index in [4.69, 9.17) is 0 Å². The van der Waals surface area contributed by atoms with E-state index in [1.165, 1.54) is 22.4 Å². The smallest absolute Gasteiger partial charge is 0.245 e. The Morgan fingerprint density at radius 1 is 1.14 bits per heavy atom. The molecule has 0 bridgehead atoms. The highest BCUT2D eigenvalue weighted by molar-refractivity contribution is 7.88. The molecule has 2 unspecified atom stereocenters. The Morgan fingerprint density at radius 3 is 2.58 bits per heavy atom.